The van der Waals surface area contributed by atoms with Crippen LogP contribution < -0.4 is 0 Å². The van der Waals surface area contributed by atoms with Gasteiger partial charge in [0.05, 0.1) is 12.5 Å². The van der Waals surface area contributed by atoms with E-state index in [4.69, 9.17) is 0 Å². The molecule has 0 aromatic carbocycles. The fraction of sp³-hybridized carbons (Fsp3) is 0.571. The lowest BCUT2D eigenvalue weighted by Crippen LogP contribution is -2.43. The van der Waals surface area contributed by atoms with Crippen LogP contribution in [0.2, 0.25) is 0 Å². The van der Waals surface area contributed by atoms with Gasteiger partial charge in [0, 0.05) is 17.8 Å². The molecule has 1 aromatic rings. The number of carbonyl (C=O) groups excluding carboxylic acids is 2. The van der Waals surface area contributed by atoms with Crippen LogP contribution in [0.3, 0.4) is 0 Å². The number of likely N-dealkylation sites (tertiary alicyclic amines) is 1. The maximum absolute atomic E-state index is 12.5. The molecule has 3 rings (SSSR count). The van der Waals surface area contributed by atoms with Gasteiger partial charge in [-0.15, -0.1) is 11.3 Å². The van der Waals surface area contributed by atoms with Crippen LogP contribution in [-0.2, 0) is 16.0 Å². The average molecular weight is 263 g/mol. The number of carbonyl (C=O) groups is 2. The van der Waals surface area contributed by atoms with Gasteiger partial charge >= 0.3 is 0 Å². The van der Waals surface area contributed by atoms with E-state index in [1.165, 1.54) is 10.4 Å². The lowest BCUT2D eigenvalue weighted by Gasteiger charge is -2.31. The van der Waals surface area contributed by atoms with E-state index < -0.39 is 0 Å². The second-order valence-electron chi connectivity index (χ2n) is 5.15. The zero-order chi connectivity index (χ0) is 12.5. The first-order chi connectivity index (χ1) is 8.75. The molecule has 1 aliphatic heterocycles. The van der Waals surface area contributed by atoms with E-state index in [1.807, 2.05) is 0 Å². The molecule has 3 nitrogen and oxygen atoms in total. The van der Waals surface area contributed by atoms with Crippen LogP contribution in [0.1, 0.15) is 42.0 Å². The van der Waals surface area contributed by atoms with Crippen molar-refractivity contribution in [2.75, 3.05) is 13.1 Å². The Hall–Kier alpha value is -1.16. The molecule has 2 aliphatic rings. The monoisotopic (exact) mass is 263 g/mol. The SMILES string of the molecule is O=C1CCCN(C(=O)C2CCCc3sccc32)C1. The molecule has 0 spiro atoms. The summed E-state index contributed by atoms with van der Waals surface area (Å²) in [6.07, 6.45) is 4.60. The van der Waals surface area contributed by atoms with Crippen LogP contribution in [0.4, 0.5) is 0 Å². The van der Waals surface area contributed by atoms with E-state index >= 15 is 0 Å². The lowest BCUT2D eigenvalue weighted by molar-refractivity contribution is -0.139. The zero-order valence-electron chi connectivity index (χ0n) is 10.4. The highest BCUT2D eigenvalue weighted by molar-refractivity contribution is 7.10. The van der Waals surface area contributed by atoms with Crippen molar-refractivity contribution in [3.05, 3.63) is 21.9 Å². The minimum absolute atomic E-state index is 0.00546. The van der Waals surface area contributed by atoms with Crippen molar-refractivity contribution < 1.29 is 9.59 Å². The summed E-state index contributed by atoms with van der Waals surface area (Å²) in [5, 5.41) is 2.08. The summed E-state index contributed by atoms with van der Waals surface area (Å²) < 4.78 is 0. The third-order valence-electron chi connectivity index (χ3n) is 3.91. The van der Waals surface area contributed by atoms with Gasteiger partial charge in [0.1, 0.15) is 0 Å². The number of rotatable bonds is 1. The van der Waals surface area contributed by atoms with E-state index in [9.17, 15) is 9.59 Å². The fourth-order valence-electron chi connectivity index (χ4n) is 2.99. The molecule has 1 unspecified atom stereocenters. The molecule has 18 heavy (non-hydrogen) atoms. The van der Waals surface area contributed by atoms with Crippen molar-refractivity contribution in [3.8, 4) is 0 Å². The quantitative estimate of drug-likeness (QED) is 0.780. The number of hydrogen-bond acceptors (Lipinski definition) is 3. The molecule has 1 aromatic heterocycles. The Morgan fingerprint density at radius 3 is 3.06 bits per heavy atom. The number of aryl methyl sites for hydroxylation is 1. The summed E-state index contributed by atoms with van der Waals surface area (Å²) >= 11 is 1.76. The van der Waals surface area contributed by atoms with Gasteiger partial charge in [0.2, 0.25) is 5.91 Å². The summed E-state index contributed by atoms with van der Waals surface area (Å²) in [4.78, 5) is 27.1. The first-order valence-electron chi connectivity index (χ1n) is 6.62. The molecule has 1 amide bonds. The van der Waals surface area contributed by atoms with Crippen LogP contribution in [0.15, 0.2) is 11.4 Å². The van der Waals surface area contributed by atoms with Gasteiger partial charge in [-0.2, -0.15) is 0 Å². The number of nitrogens with zero attached hydrogens (tertiary/aromatic N) is 1. The van der Waals surface area contributed by atoms with E-state index in [0.717, 1.165) is 32.2 Å². The summed E-state index contributed by atoms with van der Waals surface area (Å²) in [5.41, 5.74) is 1.22. The highest BCUT2D eigenvalue weighted by Crippen LogP contribution is 2.36. The summed E-state index contributed by atoms with van der Waals surface area (Å²) in [6, 6.07) is 2.09. The van der Waals surface area contributed by atoms with Crippen molar-refractivity contribution in [2.24, 2.45) is 0 Å². The Morgan fingerprint density at radius 1 is 1.33 bits per heavy atom. The highest BCUT2D eigenvalue weighted by atomic mass is 32.1. The van der Waals surface area contributed by atoms with Crippen LogP contribution in [0, 0.1) is 0 Å². The van der Waals surface area contributed by atoms with Crippen molar-refractivity contribution in [2.45, 2.75) is 38.0 Å². The Bertz CT molecular complexity index is 480. The Labute approximate surface area is 111 Å². The number of ketones is 1. The van der Waals surface area contributed by atoms with E-state index in [-0.39, 0.29) is 17.6 Å². The molecular formula is C14H17NO2S. The molecular weight excluding hydrogens is 246 g/mol. The van der Waals surface area contributed by atoms with Gasteiger partial charge in [-0.05, 0) is 42.7 Å². The first-order valence-corrected chi connectivity index (χ1v) is 7.50. The van der Waals surface area contributed by atoms with Crippen LogP contribution in [0.5, 0.6) is 0 Å². The van der Waals surface area contributed by atoms with Crippen LogP contribution in [0.25, 0.3) is 0 Å². The third kappa shape index (κ3) is 2.09. The predicted octanol–water partition coefficient (Wildman–Crippen LogP) is 2.36. The standard InChI is InChI=1S/C14H17NO2S/c16-10-3-2-7-15(9-10)14(17)12-4-1-5-13-11(12)6-8-18-13/h6,8,12H,1-5,7,9H2. The molecule has 1 atom stereocenters. The normalized spacial score (nSPS) is 23.9. The number of Topliss-reactive ketones (excluding diaryl/α,β-unsaturated/α-hetero) is 1. The molecule has 0 saturated carbocycles. The van der Waals surface area contributed by atoms with Gasteiger partial charge in [0.25, 0.3) is 0 Å². The zero-order valence-corrected chi connectivity index (χ0v) is 11.2. The molecule has 0 bridgehead atoms. The highest BCUT2D eigenvalue weighted by Gasteiger charge is 2.32. The molecule has 96 valence electrons. The number of fused-ring (bicyclic) bond motifs is 1. The maximum atomic E-state index is 12.5. The maximum Gasteiger partial charge on any atom is 0.230 e. The lowest BCUT2D eigenvalue weighted by atomic mass is 9.86. The molecule has 2 heterocycles. The van der Waals surface area contributed by atoms with Gasteiger partial charge in [-0.3, -0.25) is 9.59 Å². The summed E-state index contributed by atoms with van der Waals surface area (Å²) in [7, 11) is 0. The van der Waals surface area contributed by atoms with E-state index in [1.54, 1.807) is 16.2 Å². The molecule has 4 heteroatoms. The molecule has 1 aliphatic carbocycles. The minimum atomic E-state index is 0.00546. The van der Waals surface area contributed by atoms with Crippen LogP contribution >= 0.6 is 11.3 Å². The van der Waals surface area contributed by atoms with Gasteiger partial charge in [-0.25, -0.2) is 0 Å². The van der Waals surface area contributed by atoms with E-state index in [2.05, 4.69) is 11.4 Å². The average Bonchev–Trinajstić information content (AvgIpc) is 2.86. The minimum Gasteiger partial charge on any atom is -0.335 e. The van der Waals surface area contributed by atoms with Gasteiger partial charge < -0.3 is 4.90 Å². The smallest absolute Gasteiger partial charge is 0.230 e. The Kier molecular flexibility index (Phi) is 3.20. The summed E-state index contributed by atoms with van der Waals surface area (Å²) in [6.45, 7) is 1.08. The van der Waals surface area contributed by atoms with Gasteiger partial charge in [-0.1, -0.05) is 0 Å². The number of piperidine rings is 1. The van der Waals surface area contributed by atoms with Crippen molar-refractivity contribution in [1.82, 2.24) is 4.90 Å². The van der Waals surface area contributed by atoms with Crippen molar-refractivity contribution in [1.29, 1.82) is 0 Å². The van der Waals surface area contributed by atoms with Crippen molar-refractivity contribution in [3.63, 3.8) is 0 Å². The first kappa shape index (κ1) is 11.9. The number of amides is 1. The van der Waals surface area contributed by atoms with Crippen molar-refractivity contribution >= 4 is 23.0 Å². The number of hydrogen-bond donors (Lipinski definition) is 0. The molecule has 1 saturated heterocycles. The molecule has 0 radical (unpaired) electrons. The Balaban J connectivity index is 1.79. The topological polar surface area (TPSA) is 37.4 Å². The molecule has 1 fully saturated rings. The van der Waals surface area contributed by atoms with E-state index in [0.29, 0.717) is 13.0 Å². The summed E-state index contributed by atoms with van der Waals surface area (Å²) in [5.74, 6) is 0.379. The molecule has 0 N–H and O–H groups in total. The second-order valence-corrected chi connectivity index (χ2v) is 6.15. The van der Waals surface area contributed by atoms with Gasteiger partial charge in [0.15, 0.2) is 5.78 Å². The fourth-order valence-corrected chi connectivity index (χ4v) is 3.98. The number of thiophene rings is 1. The largest absolute Gasteiger partial charge is 0.335 e. The second kappa shape index (κ2) is 4.84. The van der Waals surface area contributed by atoms with Crippen LogP contribution in [-0.4, -0.2) is 29.7 Å². The third-order valence-corrected chi connectivity index (χ3v) is 4.91. The Morgan fingerprint density at radius 2 is 2.22 bits per heavy atom. The predicted molar refractivity (Wildman–Crippen MR) is 70.8 cm³/mol.